The zero-order chi connectivity index (χ0) is 23.4. The number of aryl methyl sites for hydroxylation is 2. The van der Waals surface area contributed by atoms with Crippen LogP contribution in [0.5, 0.6) is 5.88 Å². The first-order chi connectivity index (χ1) is 15.8. The molecule has 1 aliphatic rings. The summed E-state index contributed by atoms with van der Waals surface area (Å²) < 4.78 is 11.1. The molecule has 1 aromatic carbocycles. The van der Waals surface area contributed by atoms with E-state index < -0.39 is 6.10 Å². The van der Waals surface area contributed by atoms with Gasteiger partial charge in [0.2, 0.25) is 0 Å². The first kappa shape index (κ1) is 20.5. The Morgan fingerprint density at radius 3 is 2.82 bits per heavy atom. The molecule has 0 saturated carbocycles. The van der Waals surface area contributed by atoms with Gasteiger partial charge in [-0.05, 0) is 13.8 Å². The number of rotatable bonds is 0. The van der Waals surface area contributed by atoms with Crippen LogP contribution >= 0.6 is 0 Å². The fraction of sp³-hybridized carbons (Fsp3) is 0.261. The molecule has 10 nitrogen and oxygen atoms in total. The first-order valence-corrected chi connectivity index (χ1v) is 10.4. The molecule has 5 rings (SSSR count). The van der Waals surface area contributed by atoms with Crippen LogP contribution < -0.4 is 16.0 Å². The molecule has 0 radical (unpaired) electrons. The summed E-state index contributed by atoms with van der Waals surface area (Å²) in [5, 5.41) is 14.4. The smallest absolute Gasteiger partial charge is 0.267 e. The molecular formula is C23H22N8O2. The standard InChI is InChI=1S/C23H22N8O2/c1-12-5-6-14-15(7-12)13(2)33-23-22(25)26-10-16(27-23)21-17(28-29(3)19(21)9-24)11-31-18(14)8-20(32)30(31)4/h5-8,10,13H,11H2,1-4H3,(H2,25,26)/t13-/m1/s1. The van der Waals surface area contributed by atoms with Crippen molar-refractivity contribution in [2.75, 3.05) is 5.73 Å². The van der Waals surface area contributed by atoms with Crippen molar-refractivity contribution in [3.8, 4) is 34.5 Å². The Morgan fingerprint density at radius 1 is 1.27 bits per heavy atom. The summed E-state index contributed by atoms with van der Waals surface area (Å²) in [5.74, 6) is 0.328. The highest BCUT2D eigenvalue weighted by atomic mass is 16.5. The molecule has 1 atom stereocenters. The summed E-state index contributed by atoms with van der Waals surface area (Å²) in [6.45, 7) is 4.15. The quantitative estimate of drug-likeness (QED) is 0.442. The minimum atomic E-state index is -0.432. The van der Waals surface area contributed by atoms with E-state index in [1.165, 1.54) is 10.9 Å². The predicted molar refractivity (Wildman–Crippen MR) is 121 cm³/mol. The topological polar surface area (TPSA) is 130 Å². The van der Waals surface area contributed by atoms with Crippen molar-refractivity contribution in [2.45, 2.75) is 26.5 Å². The van der Waals surface area contributed by atoms with Crippen molar-refractivity contribution in [2.24, 2.45) is 14.1 Å². The van der Waals surface area contributed by atoms with Crippen LogP contribution in [0.1, 0.15) is 35.5 Å². The minimum absolute atomic E-state index is 0.150. The van der Waals surface area contributed by atoms with Gasteiger partial charge in [-0.2, -0.15) is 10.4 Å². The number of fused-ring (bicyclic) bond motifs is 7. The van der Waals surface area contributed by atoms with Gasteiger partial charge in [-0.15, -0.1) is 0 Å². The number of hydrogen-bond donors (Lipinski definition) is 1. The lowest BCUT2D eigenvalue weighted by atomic mass is 9.98. The molecule has 10 heteroatoms. The number of anilines is 1. The van der Waals surface area contributed by atoms with Crippen LogP contribution in [0.2, 0.25) is 0 Å². The Bertz CT molecular complexity index is 1520. The van der Waals surface area contributed by atoms with Crippen molar-refractivity contribution < 1.29 is 4.74 Å². The van der Waals surface area contributed by atoms with Crippen molar-refractivity contribution in [1.29, 1.82) is 5.26 Å². The summed E-state index contributed by atoms with van der Waals surface area (Å²) in [4.78, 5) is 21.6. The van der Waals surface area contributed by atoms with Gasteiger partial charge >= 0.3 is 0 Å². The molecule has 2 bridgehead atoms. The monoisotopic (exact) mass is 442 g/mol. The van der Waals surface area contributed by atoms with Gasteiger partial charge in [-0.25, -0.2) is 9.97 Å². The van der Waals surface area contributed by atoms with E-state index in [2.05, 4.69) is 21.1 Å². The second-order valence-electron chi connectivity index (χ2n) is 8.15. The molecule has 166 valence electrons. The number of nitrogens with two attached hydrogens (primary N) is 1. The largest absolute Gasteiger partial charge is 0.467 e. The molecular weight excluding hydrogens is 420 g/mol. The van der Waals surface area contributed by atoms with E-state index in [-0.39, 0.29) is 23.8 Å². The molecule has 4 aromatic rings. The maximum absolute atomic E-state index is 12.7. The van der Waals surface area contributed by atoms with E-state index >= 15 is 0 Å². The van der Waals surface area contributed by atoms with E-state index in [0.717, 1.165) is 22.4 Å². The van der Waals surface area contributed by atoms with Crippen LogP contribution in [0.25, 0.3) is 22.5 Å². The zero-order valence-corrected chi connectivity index (χ0v) is 18.7. The molecule has 0 aliphatic carbocycles. The van der Waals surface area contributed by atoms with E-state index in [0.29, 0.717) is 22.6 Å². The van der Waals surface area contributed by atoms with Crippen molar-refractivity contribution in [3.05, 3.63) is 63.3 Å². The second-order valence-corrected chi connectivity index (χ2v) is 8.15. The highest BCUT2D eigenvalue weighted by Gasteiger charge is 2.26. The van der Waals surface area contributed by atoms with Gasteiger partial charge in [0.25, 0.3) is 11.4 Å². The fourth-order valence-corrected chi connectivity index (χ4v) is 4.27. The van der Waals surface area contributed by atoms with Gasteiger partial charge in [0.1, 0.15) is 17.9 Å². The molecule has 33 heavy (non-hydrogen) atoms. The van der Waals surface area contributed by atoms with Crippen LogP contribution in [0.4, 0.5) is 5.82 Å². The molecule has 0 spiro atoms. The number of nitrogen functional groups attached to an aromatic ring is 1. The Kier molecular flexibility index (Phi) is 4.56. The van der Waals surface area contributed by atoms with Crippen LogP contribution in [0.3, 0.4) is 0 Å². The molecule has 2 N–H and O–H groups in total. The van der Waals surface area contributed by atoms with Gasteiger partial charge in [-0.1, -0.05) is 23.8 Å². The number of aromatic nitrogens is 6. The Morgan fingerprint density at radius 2 is 2.06 bits per heavy atom. The molecule has 0 unspecified atom stereocenters. The summed E-state index contributed by atoms with van der Waals surface area (Å²) in [5.41, 5.74) is 11.3. The molecule has 0 saturated heterocycles. The average molecular weight is 442 g/mol. The third-order valence-electron chi connectivity index (χ3n) is 5.98. The molecule has 0 amide bonds. The SMILES string of the molecule is Cc1ccc2c(c1)[C@@H](C)Oc1nc(cnc1N)-c1c(nn(C)c1C#N)Cn1c-2cc(=O)n1C. The molecule has 3 aromatic heterocycles. The van der Waals surface area contributed by atoms with Gasteiger partial charge in [0.05, 0.1) is 35.4 Å². The summed E-state index contributed by atoms with van der Waals surface area (Å²) in [6.07, 6.45) is 1.08. The Labute approximate surface area is 189 Å². The zero-order valence-electron chi connectivity index (χ0n) is 18.7. The van der Waals surface area contributed by atoms with Crippen LogP contribution in [0, 0.1) is 18.3 Å². The summed E-state index contributed by atoms with van der Waals surface area (Å²) >= 11 is 0. The lowest BCUT2D eigenvalue weighted by Gasteiger charge is -2.21. The summed E-state index contributed by atoms with van der Waals surface area (Å²) in [6, 6.07) is 9.80. The van der Waals surface area contributed by atoms with Crippen LogP contribution in [0.15, 0.2) is 35.3 Å². The van der Waals surface area contributed by atoms with Crippen LogP contribution in [-0.2, 0) is 20.6 Å². The van der Waals surface area contributed by atoms with E-state index in [1.807, 2.05) is 36.7 Å². The van der Waals surface area contributed by atoms with E-state index in [4.69, 9.17) is 10.5 Å². The Hall–Kier alpha value is -4.39. The number of hydrogen-bond acceptors (Lipinski definition) is 7. The van der Waals surface area contributed by atoms with Crippen molar-refractivity contribution in [1.82, 2.24) is 29.1 Å². The van der Waals surface area contributed by atoms with Gasteiger partial charge < -0.3 is 10.5 Å². The third-order valence-corrected chi connectivity index (χ3v) is 5.98. The number of ether oxygens (including phenoxy) is 1. The maximum Gasteiger partial charge on any atom is 0.267 e. The lowest BCUT2D eigenvalue weighted by molar-refractivity contribution is 0.219. The molecule has 1 aliphatic heterocycles. The van der Waals surface area contributed by atoms with Crippen molar-refractivity contribution in [3.63, 3.8) is 0 Å². The van der Waals surface area contributed by atoms with Gasteiger partial charge in [-0.3, -0.25) is 18.8 Å². The van der Waals surface area contributed by atoms with E-state index in [1.54, 1.807) is 24.8 Å². The molecule has 4 heterocycles. The van der Waals surface area contributed by atoms with Gasteiger partial charge in [0.15, 0.2) is 5.82 Å². The highest BCUT2D eigenvalue weighted by molar-refractivity contribution is 5.70. The van der Waals surface area contributed by atoms with Crippen LogP contribution in [-0.4, -0.2) is 29.1 Å². The minimum Gasteiger partial charge on any atom is -0.467 e. The number of benzene rings is 1. The lowest BCUT2D eigenvalue weighted by Crippen LogP contribution is -2.21. The number of nitriles is 1. The second kappa shape index (κ2) is 7.34. The molecule has 0 fully saturated rings. The maximum atomic E-state index is 12.7. The Balaban J connectivity index is 1.88. The predicted octanol–water partition coefficient (Wildman–Crippen LogP) is 2.31. The highest BCUT2D eigenvalue weighted by Crippen LogP contribution is 2.36. The summed E-state index contributed by atoms with van der Waals surface area (Å²) in [7, 11) is 3.40. The van der Waals surface area contributed by atoms with Gasteiger partial charge in [0, 0.05) is 31.3 Å². The average Bonchev–Trinajstić information content (AvgIpc) is 3.25. The third kappa shape index (κ3) is 3.17. The normalized spacial score (nSPS) is 14.7. The van der Waals surface area contributed by atoms with Crippen molar-refractivity contribution >= 4 is 5.82 Å². The fourth-order valence-electron chi connectivity index (χ4n) is 4.27. The number of nitrogens with zero attached hydrogens (tertiary/aromatic N) is 7. The van der Waals surface area contributed by atoms with E-state index in [9.17, 15) is 10.1 Å². The first-order valence-electron chi connectivity index (χ1n) is 10.4.